The topological polar surface area (TPSA) is 98.0 Å². The lowest BCUT2D eigenvalue weighted by atomic mass is 10.1. The van der Waals surface area contributed by atoms with E-state index in [1.54, 1.807) is 13.2 Å². The van der Waals surface area contributed by atoms with E-state index >= 15 is 0 Å². The molecule has 0 atom stereocenters. The Kier molecular flexibility index (Phi) is 8.05. The second kappa shape index (κ2) is 9.77. The zero-order valence-electron chi connectivity index (χ0n) is 14.9. The number of carbonyl (C=O) groups is 1. The number of aliphatic imine (C=N–C) groups is 1. The van der Waals surface area contributed by atoms with E-state index in [0.29, 0.717) is 24.8 Å². The highest BCUT2D eigenvalue weighted by Gasteiger charge is 2.16. The van der Waals surface area contributed by atoms with E-state index in [4.69, 9.17) is 15.2 Å². The molecule has 7 heteroatoms. The summed E-state index contributed by atoms with van der Waals surface area (Å²) in [6, 6.07) is 7.43. The van der Waals surface area contributed by atoms with Crippen LogP contribution in [-0.4, -0.2) is 44.3 Å². The third-order valence-electron chi connectivity index (χ3n) is 3.28. The summed E-state index contributed by atoms with van der Waals surface area (Å²) < 4.78 is 10.7. The SMILES string of the molecule is CCNC(=NCc1cccc(OCC(N)=O)c1)NCC(C)(C)OC. The molecule has 1 rings (SSSR count). The molecule has 0 bridgehead atoms. The van der Waals surface area contributed by atoms with Crippen molar-refractivity contribution in [1.29, 1.82) is 0 Å². The summed E-state index contributed by atoms with van der Waals surface area (Å²) in [7, 11) is 1.68. The maximum Gasteiger partial charge on any atom is 0.255 e. The first-order valence-electron chi connectivity index (χ1n) is 7.93. The van der Waals surface area contributed by atoms with Crippen molar-refractivity contribution in [3.8, 4) is 5.75 Å². The number of hydrogen-bond donors (Lipinski definition) is 3. The van der Waals surface area contributed by atoms with Crippen LogP contribution in [0.3, 0.4) is 0 Å². The molecule has 0 radical (unpaired) electrons. The molecule has 0 heterocycles. The highest BCUT2D eigenvalue weighted by Crippen LogP contribution is 2.14. The molecule has 24 heavy (non-hydrogen) atoms. The minimum absolute atomic E-state index is 0.136. The quantitative estimate of drug-likeness (QED) is 0.462. The highest BCUT2D eigenvalue weighted by molar-refractivity contribution is 5.79. The zero-order chi connectivity index (χ0) is 18.0. The predicted molar refractivity (Wildman–Crippen MR) is 95.0 cm³/mol. The third kappa shape index (κ3) is 7.82. The van der Waals surface area contributed by atoms with Gasteiger partial charge in [-0.15, -0.1) is 0 Å². The van der Waals surface area contributed by atoms with E-state index in [1.807, 2.05) is 39.0 Å². The van der Waals surface area contributed by atoms with Gasteiger partial charge in [0, 0.05) is 20.2 Å². The van der Waals surface area contributed by atoms with Crippen LogP contribution in [0, 0.1) is 0 Å². The van der Waals surface area contributed by atoms with Crippen molar-refractivity contribution in [2.75, 3.05) is 26.8 Å². The summed E-state index contributed by atoms with van der Waals surface area (Å²) in [4.78, 5) is 15.3. The van der Waals surface area contributed by atoms with Crippen LogP contribution in [0.4, 0.5) is 0 Å². The first kappa shape index (κ1) is 19.8. The molecular formula is C17H28N4O3. The molecule has 0 aliphatic rings. The average Bonchev–Trinajstić information content (AvgIpc) is 2.56. The van der Waals surface area contributed by atoms with Gasteiger partial charge in [0.2, 0.25) is 0 Å². The third-order valence-corrected chi connectivity index (χ3v) is 3.28. The largest absolute Gasteiger partial charge is 0.484 e. The van der Waals surface area contributed by atoms with Gasteiger partial charge in [-0.05, 0) is 38.5 Å². The van der Waals surface area contributed by atoms with Gasteiger partial charge >= 0.3 is 0 Å². The standard InChI is InChI=1S/C17H28N4O3/c1-5-19-16(21-12-17(2,3)23-4)20-10-13-7-6-8-14(9-13)24-11-15(18)22/h6-9H,5,10-12H2,1-4H3,(H2,18,22)(H2,19,20,21). The summed E-state index contributed by atoms with van der Waals surface area (Å²) in [5.41, 5.74) is 5.77. The van der Waals surface area contributed by atoms with Crippen LogP contribution >= 0.6 is 0 Å². The Morgan fingerprint density at radius 2 is 2.08 bits per heavy atom. The molecule has 0 aliphatic carbocycles. The molecule has 4 N–H and O–H groups in total. The number of rotatable bonds is 9. The van der Waals surface area contributed by atoms with Gasteiger partial charge in [-0.25, -0.2) is 4.99 Å². The van der Waals surface area contributed by atoms with Gasteiger partial charge in [0.15, 0.2) is 12.6 Å². The lowest BCUT2D eigenvalue weighted by molar-refractivity contribution is -0.119. The summed E-state index contributed by atoms with van der Waals surface area (Å²) in [5, 5.41) is 6.45. The van der Waals surface area contributed by atoms with Crippen LogP contribution < -0.4 is 21.1 Å². The van der Waals surface area contributed by atoms with Gasteiger partial charge in [-0.2, -0.15) is 0 Å². The molecule has 1 amide bonds. The van der Waals surface area contributed by atoms with Crippen molar-refractivity contribution in [2.24, 2.45) is 10.7 Å². The van der Waals surface area contributed by atoms with E-state index < -0.39 is 5.91 Å². The number of guanidine groups is 1. The van der Waals surface area contributed by atoms with Crippen LogP contribution in [0.2, 0.25) is 0 Å². The fourth-order valence-corrected chi connectivity index (χ4v) is 1.77. The van der Waals surface area contributed by atoms with Gasteiger partial charge in [0.05, 0.1) is 12.1 Å². The van der Waals surface area contributed by atoms with Gasteiger partial charge in [-0.1, -0.05) is 12.1 Å². The van der Waals surface area contributed by atoms with E-state index in [1.165, 1.54) is 0 Å². The van der Waals surface area contributed by atoms with E-state index in [-0.39, 0.29) is 12.2 Å². The number of hydrogen-bond acceptors (Lipinski definition) is 4. The Labute approximate surface area is 143 Å². The van der Waals surface area contributed by atoms with Crippen molar-refractivity contribution in [1.82, 2.24) is 10.6 Å². The number of ether oxygens (including phenoxy) is 2. The zero-order valence-corrected chi connectivity index (χ0v) is 14.9. The van der Waals surface area contributed by atoms with Crippen molar-refractivity contribution >= 4 is 11.9 Å². The van der Waals surface area contributed by atoms with Gasteiger partial charge in [0.1, 0.15) is 5.75 Å². The first-order valence-corrected chi connectivity index (χ1v) is 7.93. The monoisotopic (exact) mass is 336 g/mol. The number of nitrogens with two attached hydrogens (primary N) is 1. The smallest absolute Gasteiger partial charge is 0.255 e. The van der Waals surface area contributed by atoms with Gasteiger partial charge in [-0.3, -0.25) is 4.79 Å². The molecule has 1 aromatic carbocycles. The Morgan fingerprint density at radius 3 is 2.71 bits per heavy atom. The van der Waals surface area contributed by atoms with Crippen LogP contribution in [0.5, 0.6) is 5.75 Å². The van der Waals surface area contributed by atoms with Crippen molar-refractivity contribution in [2.45, 2.75) is 32.9 Å². The molecule has 0 aliphatic heterocycles. The number of methoxy groups -OCH3 is 1. The normalized spacial score (nSPS) is 11.9. The van der Waals surface area contributed by atoms with E-state index in [2.05, 4.69) is 15.6 Å². The minimum Gasteiger partial charge on any atom is -0.484 e. The van der Waals surface area contributed by atoms with Crippen molar-refractivity contribution in [3.05, 3.63) is 29.8 Å². The lowest BCUT2D eigenvalue weighted by Gasteiger charge is -2.24. The summed E-state index contributed by atoms with van der Waals surface area (Å²) >= 11 is 0. The molecule has 0 spiro atoms. The van der Waals surface area contributed by atoms with Gasteiger partial charge < -0.3 is 25.8 Å². The molecule has 7 nitrogen and oxygen atoms in total. The Bertz CT molecular complexity index is 559. The molecule has 0 aromatic heterocycles. The average molecular weight is 336 g/mol. The fraction of sp³-hybridized carbons (Fsp3) is 0.529. The number of carbonyl (C=O) groups excluding carboxylic acids is 1. The van der Waals surface area contributed by atoms with Crippen molar-refractivity contribution < 1.29 is 14.3 Å². The maximum atomic E-state index is 10.8. The molecule has 0 unspecified atom stereocenters. The fourth-order valence-electron chi connectivity index (χ4n) is 1.77. The molecule has 0 saturated carbocycles. The molecule has 0 fully saturated rings. The number of benzene rings is 1. The van der Waals surface area contributed by atoms with Crippen molar-refractivity contribution in [3.63, 3.8) is 0 Å². The van der Waals surface area contributed by atoms with E-state index in [9.17, 15) is 4.79 Å². The number of nitrogens with one attached hydrogen (secondary N) is 2. The molecular weight excluding hydrogens is 308 g/mol. The Balaban J connectivity index is 2.68. The molecule has 134 valence electrons. The Morgan fingerprint density at radius 1 is 1.33 bits per heavy atom. The minimum atomic E-state index is -0.502. The second-order valence-electron chi connectivity index (χ2n) is 5.91. The summed E-state index contributed by atoms with van der Waals surface area (Å²) in [6.07, 6.45) is 0. The van der Waals surface area contributed by atoms with Crippen LogP contribution in [0.25, 0.3) is 0 Å². The van der Waals surface area contributed by atoms with Gasteiger partial charge in [0.25, 0.3) is 5.91 Å². The predicted octanol–water partition coefficient (Wildman–Crippen LogP) is 1.03. The van der Waals surface area contributed by atoms with Crippen LogP contribution in [0.15, 0.2) is 29.3 Å². The maximum absolute atomic E-state index is 10.8. The number of amides is 1. The highest BCUT2D eigenvalue weighted by atomic mass is 16.5. The summed E-state index contributed by atoms with van der Waals surface area (Å²) in [6.45, 7) is 7.76. The Hall–Kier alpha value is -2.28. The van der Waals surface area contributed by atoms with Crippen LogP contribution in [0.1, 0.15) is 26.3 Å². The summed E-state index contributed by atoms with van der Waals surface area (Å²) in [5.74, 6) is 0.809. The van der Waals surface area contributed by atoms with E-state index in [0.717, 1.165) is 12.1 Å². The van der Waals surface area contributed by atoms with Crippen LogP contribution in [-0.2, 0) is 16.1 Å². The molecule has 1 aromatic rings. The second-order valence-corrected chi connectivity index (χ2v) is 5.91. The molecule has 0 saturated heterocycles. The number of primary amides is 1. The lowest BCUT2D eigenvalue weighted by Crippen LogP contribution is -2.45. The number of nitrogens with zero attached hydrogens (tertiary/aromatic N) is 1. The first-order chi connectivity index (χ1) is 11.4.